The van der Waals surface area contributed by atoms with Crippen molar-refractivity contribution in [3.05, 3.63) is 0 Å². The summed E-state index contributed by atoms with van der Waals surface area (Å²) in [6, 6.07) is 0. The maximum Gasteiger partial charge on any atom is 0.0687 e. The summed E-state index contributed by atoms with van der Waals surface area (Å²) in [5.74, 6) is 0. The number of unbranched alkanes of at least 4 members (excludes halogenated alkanes) is 14. The van der Waals surface area contributed by atoms with Crippen LogP contribution in [0, 0.1) is 0 Å². The van der Waals surface area contributed by atoms with E-state index in [-0.39, 0.29) is 5.66 Å². The fraction of sp³-hybridized carbons (Fsp3) is 1.00. The molecule has 0 aromatic rings. The van der Waals surface area contributed by atoms with Gasteiger partial charge in [0.2, 0.25) is 0 Å². The van der Waals surface area contributed by atoms with Crippen LogP contribution < -0.4 is 10.6 Å². The highest BCUT2D eigenvalue weighted by Gasteiger charge is 2.30. The minimum Gasteiger partial charge on any atom is -0.299 e. The van der Waals surface area contributed by atoms with Crippen LogP contribution in [0.1, 0.15) is 149 Å². The molecule has 0 spiro atoms. The molecule has 0 aliphatic heterocycles. The van der Waals surface area contributed by atoms with E-state index in [9.17, 15) is 0 Å². The molecular weight excluding hydrogens is 340 g/mol. The van der Waals surface area contributed by atoms with E-state index in [2.05, 4.69) is 24.5 Å². The minimum atomic E-state index is 0.264. The maximum atomic E-state index is 3.96. The lowest BCUT2D eigenvalue weighted by atomic mass is 9.88. The van der Waals surface area contributed by atoms with Crippen LogP contribution in [0.25, 0.3) is 0 Å². The summed E-state index contributed by atoms with van der Waals surface area (Å²) in [7, 11) is 0. The lowest BCUT2D eigenvalue weighted by Gasteiger charge is -2.39. The van der Waals surface area contributed by atoms with Gasteiger partial charge in [-0.1, -0.05) is 123 Å². The molecule has 1 fully saturated rings. The SMILES string of the molecule is CCCCCCCCCCNC1(NCCCCCCCCCC)CCCCC1. The molecule has 2 heteroatoms. The van der Waals surface area contributed by atoms with E-state index in [1.54, 1.807) is 0 Å². The molecule has 168 valence electrons. The molecule has 1 rings (SSSR count). The highest BCUT2D eigenvalue weighted by atomic mass is 15.2. The van der Waals surface area contributed by atoms with Crippen molar-refractivity contribution in [2.45, 2.75) is 154 Å². The zero-order valence-electron chi connectivity index (χ0n) is 19.8. The Morgan fingerprint density at radius 2 is 0.821 bits per heavy atom. The topological polar surface area (TPSA) is 24.1 Å². The number of hydrogen-bond acceptors (Lipinski definition) is 2. The molecule has 0 unspecified atom stereocenters. The van der Waals surface area contributed by atoms with Gasteiger partial charge in [0, 0.05) is 0 Å². The highest BCUT2D eigenvalue weighted by Crippen LogP contribution is 2.26. The molecule has 2 N–H and O–H groups in total. The Hall–Kier alpha value is -0.0800. The summed E-state index contributed by atoms with van der Waals surface area (Å²) in [4.78, 5) is 0. The van der Waals surface area contributed by atoms with Gasteiger partial charge >= 0.3 is 0 Å². The van der Waals surface area contributed by atoms with Crippen LogP contribution in [0.15, 0.2) is 0 Å². The van der Waals surface area contributed by atoms with Gasteiger partial charge in [-0.2, -0.15) is 0 Å². The number of nitrogens with one attached hydrogen (secondary N) is 2. The van der Waals surface area contributed by atoms with Crippen LogP contribution in [0.3, 0.4) is 0 Å². The molecule has 2 nitrogen and oxygen atoms in total. The second-order valence-electron chi connectivity index (χ2n) is 9.45. The molecule has 0 radical (unpaired) electrons. The Labute approximate surface area is 178 Å². The predicted octanol–water partition coefficient (Wildman–Crippen LogP) is 8.11. The minimum absolute atomic E-state index is 0.264. The van der Waals surface area contributed by atoms with Crippen molar-refractivity contribution in [3.63, 3.8) is 0 Å². The van der Waals surface area contributed by atoms with E-state index in [1.807, 2.05) is 0 Å². The molecule has 0 atom stereocenters. The van der Waals surface area contributed by atoms with Crippen LogP contribution >= 0.6 is 0 Å². The Kier molecular flexibility index (Phi) is 17.5. The van der Waals surface area contributed by atoms with E-state index in [1.165, 1.54) is 148 Å². The summed E-state index contributed by atoms with van der Waals surface area (Å²) in [5, 5.41) is 7.92. The van der Waals surface area contributed by atoms with Gasteiger partial charge in [0.1, 0.15) is 0 Å². The second-order valence-corrected chi connectivity index (χ2v) is 9.45. The largest absolute Gasteiger partial charge is 0.299 e. The lowest BCUT2D eigenvalue weighted by molar-refractivity contribution is 0.179. The third-order valence-corrected chi connectivity index (χ3v) is 6.69. The molecular formula is C26H54N2. The van der Waals surface area contributed by atoms with E-state index >= 15 is 0 Å². The molecule has 0 aromatic carbocycles. The Morgan fingerprint density at radius 3 is 1.21 bits per heavy atom. The average molecular weight is 395 g/mol. The van der Waals surface area contributed by atoms with Gasteiger partial charge in [-0.3, -0.25) is 10.6 Å². The zero-order chi connectivity index (χ0) is 20.2. The van der Waals surface area contributed by atoms with Crippen molar-refractivity contribution < 1.29 is 0 Å². The first-order chi connectivity index (χ1) is 13.8. The fourth-order valence-electron chi connectivity index (χ4n) is 4.74. The Bertz CT molecular complexity index is 286. The van der Waals surface area contributed by atoms with Crippen LogP contribution in [0.4, 0.5) is 0 Å². The quantitative estimate of drug-likeness (QED) is 0.161. The molecule has 28 heavy (non-hydrogen) atoms. The summed E-state index contributed by atoms with van der Waals surface area (Å²) in [5.41, 5.74) is 0.264. The number of hydrogen-bond donors (Lipinski definition) is 2. The first-order valence-electron chi connectivity index (χ1n) is 13.3. The monoisotopic (exact) mass is 394 g/mol. The van der Waals surface area contributed by atoms with Crippen LogP contribution in [-0.4, -0.2) is 18.8 Å². The van der Waals surface area contributed by atoms with Gasteiger partial charge in [-0.15, -0.1) is 0 Å². The third kappa shape index (κ3) is 14.0. The molecule has 1 aliphatic carbocycles. The van der Waals surface area contributed by atoms with E-state index in [0.717, 1.165) is 0 Å². The standard InChI is InChI=1S/C26H54N2/c1-3-5-7-9-11-13-15-20-24-27-26(22-18-17-19-23-26)28-25-21-16-14-12-10-8-6-4-2/h27-28H,3-25H2,1-2H3. The Balaban J connectivity index is 2.05. The summed E-state index contributed by atoms with van der Waals surface area (Å²) in [6.45, 7) is 7.02. The fourth-order valence-corrected chi connectivity index (χ4v) is 4.74. The Morgan fingerprint density at radius 1 is 0.464 bits per heavy atom. The second kappa shape index (κ2) is 18.9. The first kappa shape index (κ1) is 26.0. The molecule has 1 saturated carbocycles. The average Bonchev–Trinajstić information content (AvgIpc) is 2.72. The van der Waals surface area contributed by atoms with Gasteiger partial charge in [0.25, 0.3) is 0 Å². The van der Waals surface area contributed by atoms with Gasteiger partial charge in [-0.05, 0) is 38.8 Å². The summed E-state index contributed by atoms with van der Waals surface area (Å²) >= 11 is 0. The van der Waals surface area contributed by atoms with E-state index < -0.39 is 0 Å². The first-order valence-corrected chi connectivity index (χ1v) is 13.3. The van der Waals surface area contributed by atoms with Crippen molar-refractivity contribution >= 4 is 0 Å². The van der Waals surface area contributed by atoms with Crippen LogP contribution in [0.2, 0.25) is 0 Å². The van der Waals surface area contributed by atoms with Gasteiger partial charge in [-0.25, -0.2) is 0 Å². The summed E-state index contributed by atoms with van der Waals surface area (Å²) < 4.78 is 0. The van der Waals surface area contributed by atoms with E-state index in [4.69, 9.17) is 0 Å². The summed E-state index contributed by atoms with van der Waals surface area (Å²) in [6.07, 6.45) is 29.5. The van der Waals surface area contributed by atoms with Gasteiger partial charge < -0.3 is 0 Å². The molecule has 0 saturated heterocycles. The van der Waals surface area contributed by atoms with Crippen LogP contribution in [0.5, 0.6) is 0 Å². The van der Waals surface area contributed by atoms with Crippen molar-refractivity contribution in [1.82, 2.24) is 10.6 Å². The van der Waals surface area contributed by atoms with Gasteiger partial charge in [0.05, 0.1) is 5.66 Å². The molecule has 0 amide bonds. The highest BCUT2D eigenvalue weighted by molar-refractivity contribution is 4.88. The lowest BCUT2D eigenvalue weighted by Crippen LogP contribution is -2.58. The normalized spacial score (nSPS) is 16.5. The van der Waals surface area contributed by atoms with Crippen molar-refractivity contribution in [1.29, 1.82) is 0 Å². The number of rotatable bonds is 20. The van der Waals surface area contributed by atoms with Crippen molar-refractivity contribution in [2.75, 3.05) is 13.1 Å². The van der Waals surface area contributed by atoms with Crippen molar-refractivity contribution in [3.8, 4) is 0 Å². The third-order valence-electron chi connectivity index (χ3n) is 6.69. The molecule has 0 aromatic heterocycles. The molecule has 1 aliphatic rings. The van der Waals surface area contributed by atoms with Gasteiger partial charge in [0.15, 0.2) is 0 Å². The predicted molar refractivity (Wildman–Crippen MR) is 127 cm³/mol. The molecule has 0 heterocycles. The van der Waals surface area contributed by atoms with Crippen LogP contribution in [-0.2, 0) is 0 Å². The van der Waals surface area contributed by atoms with E-state index in [0.29, 0.717) is 0 Å². The molecule has 0 bridgehead atoms. The van der Waals surface area contributed by atoms with Crippen molar-refractivity contribution in [2.24, 2.45) is 0 Å². The smallest absolute Gasteiger partial charge is 0.0687 e. The maximum absolute atomic E-state index is 3.96. The zero-order valence-corrected chi connectivity index (χ0v) is 19.8.